The van der Waals surface area contributed by atoms with Crippen molar-refractivity contribution in [3.05, 3.63) is 18.2 Å². The normalized spacial score (nSPS) is 19.3. The van der Waals surface area contributed by atoms with Crippen LogP contribution in [-0.4, -0.2) is 36.4 Å². The molecule has 0 radical (unpaired) electrons. The number of aromatic nitrogens is 2. The van der Waals surface area contributed by atoms with E-state index < -0.39 is 24.0 Å². The number of nitrogens with one attached hydrogen (secondary N) is 1. The lowest BCUT2D eigenvalue weighted by molar-refractivity contribution is 0.208. The van der Waals surface area contributed by atoms with Crippen molar-refractivity contribution in [3.8, 4) is 0 Å². The van der Waals surface area contributed by atoms with Gasteiger partial charge in [-0.25, -0.2) is 9.97 Å². The van der Waals surface area contributed by atoms with Crippen LogP contribution in [0.25, 0.3) is 0 Å². The predicted octanol–water partition coefficient (Wildman–Crippen LogP) is -0.413. The zero-order valence-electron chi connectivity index (χ0n) is 12.0. The third-order valence-corrected chi connectivity index (χ3v) is 5.14. The maximum absolute atomic E-state index is 12.3. The van der Waals surface area contributed by atoms with Crippen LogP contribution in [0.4, 0.5) is 0 Å². The fourth-order valence-electron chi connectivity index (χ4n) is 1.95. The molecule has 1 aliphatic carbocycles. The molecular formula is C12H20BN3O3S. The number of nitrogens with zero attached hydrogens (tertiary/aromatic N) is 2. The summed E-state index contributed by atoms with van der Waals surface area (Å²) in [5.74, 6) is 0.561. The molecule has 1 aromatic heterocycles. The standard InChI is InChI=1S/C12H20BN3O3S/c1-11(2,3)20(19)16-12(5-4-6-12)10-14-7-9(8-15-10)13(17)18/h7-8,16-18H,4-6H2,1-3H3/t20-/m1/s1. The molecule has 1 fully saturated rings. The molecule has 1 aliphatic rings. The van der Waals surface area contributed by atoms with Crippen LogP contribution in [-0.2, 0) is 16.9 Å². The van der Waals surface area contributed by atoms with Gasteiger partial charge in [0.2, 0.25) is 0 Å². The molecule has 110 valence electrons. The number of hydrogen-bond donors (Lipinski definition) is 3. The summed E-state index contributed by atoms with van der Waals surface area (Å²) >= 11 is -1.20. The van der Waals surface area contributed by atoms with Gasteiger partial charge in [-0.15, -0.1) is 4.72 Å². The number of rotatable bonds is 4. The smallest absolute Gasteiger partial charge is 0.491 e. The lowest BCUT2D eigenvalue weighted by Crippen LogP contribution is -2.55. The second-order valence-electron chi connectivity index (χ2n) is 6.13. The lowest BCUT2D eigenvalue weighted by atomic mass is 9.76. The monoisotopic (exact) mass is 297 g/mol. The minimum absolute atomic E-state index is 0.250. The summed E-state index contributed by atoms with van der Waals surface area (Å²) in [5, 5.41) is 18.1. The first-order chi connectivity index (χ1) is 9.24. The summed E-state index contributed by atoms with van der Waals surface area (Å²) in [6.45, 7) is 5.73. The van der Waals surface area contributed by atoms with Gasteiger partial charge in [-0.05, 0) is 40.0 Å². The first-order valence-electron chi connectivity index (χ1n) is 6.63. The van der Waals surface area contributed by atoms with Crippen molar-refractivity contribution in [1.29, 1.82) is 0 Å². The van der Waals surface area contributed by atoms with E-state index in [2.05, 4.69) is 14.7 Å². The second-order valence-corrected chi connectivity index (χ2v) is 8.10. The molecule has 0 unspecified atom stereocenters. The highest BCUT2D eigenvalue weighted by Crippen LogP contribution is 2.40. The molecule has 0 amide bonds. The van der Waals surface area contributed by atoms with E-state index in [-0.39, 0.29) is 10.2 Å². The molecule has 0 aromatic carbocycles. The zero-order valence-corrected chi connectivity index (χ0v) is 12.8. The van der Waals surface area contributed by atoms with Gasteiger partial charge in [-0.1, -0.05) is 0 Å². The van der Waals surface area contributed by atoms with Crippen molar-refractivity contribution in [2.75, 3.05) is 0 Å². The summed E-state index contributed by atoms with van der Waals surface area (Å²) in [6.07, 6.45) is 5.48. The van der Waals surface area contributed by atoms with Crippen molar-refractivity contribution in [2.24, 2.45) is 0 Å². The Morgan fingerprint density at radius 1 is 1.30 bits per heavy atom. The van der Waals surface area contributed by atoms with Crippen LogP contribution < -0.4 is 10.2 Å². The maximum Gasteiger partial charge on any atom is 0.491 e. The molecule has 0 saturated heterocycles. The van der Waals surface area contributed by atoms with E-state index in [0.717, 1.165) is 19.3 Å². The molecule has 8 heteroatoms. The molecule has 0 aliphatic heterocycles. The van der Waals surface area contributed by atoms with Crippen LogP contribution in [0.5, 0.6) is 0 Å². The van der Waals surface area contributed by atoms with E-state index in [4.69, 9.17) is 10.0 Å². The summed E-state index contributed by atoms with van der Waals surface area (Å²) < 4.78 is 15.1. The third-order valence-electron chi connectivity index (χ3n) is 3.45. The summed E-state index contributed by atoms with van der Waals surface area (Å²) in [4.78, 5) is 8.40. The molecule has 2 rings (SSSR count). The highest BCUT2D eigenvalue weighted by atomic mass is 32.2. The Hall–Kier alpha value is -0.665. The van der Waals surface area contributed by atoms with Crippen LogP contribution in [0, 0.1) is 0 Å². The summed E-state index contributed by atoms with van der Waals surface area (Å²) in [6, 6.07) is 0. The Morgan fingerprint density at radius 3 is 2.20 bits per heavy atom. The van der Waals surface area contributed by atoms with E-state index >= 15 is 0 Å². The number of hydrogen-bond acceptors (Lipinski definition) is 6. The SMILES string of the molecule is CC(C)(C)[S@@+]([O-])NC1(c2ncc(B(O)O)cn2)CCC1. The van der Waals surface area contributed by atoms with E-state index in [1.54, 1.807) is 0 Å². The Kier molecular flexibility index (Phi) is 4.41. The molecule has 1 aromatic rings. The van der Waals surface area contributed by atoms with Crippen LogP contribution in [0.3, 0.4) is 0 Å². The van der Waals surface area contributed by atoms with Gasteiger partial charge in [0.25, 0.3) is 0 Å². The highest BCUT2D eigenvalue weighted by molar-refractivity contribution is 7.90. The van der Waals surface area contributed by atoms with Crippen LogP contribution in [0.1, 0.15) is 45.9 Å². The van der Waals surface area contributed by atoms with Crippen molar-refractivity contribution in [3.63, 3.8) is 0 Å². The fourth-order valence-corrected chi connectivity index (χ4v) is 2.91. The topological polar surface area (TPSA) is 101 Å². The average molecular weight is 297 g/mol. The Balaban J connectivity index is 2.18. The van der Waals surface area contributed by atoms with E-state index in [9.17, 15) is 4.55 Å². The second kappa shape index (κ2) is 5.61. The largest absolute Gasteiger partial charge is 0.598 e. The Bertz CT molecular complexity index is 460. The first kappa shape index (κ1) is 15.7. The third kappa shape index (κ3) is 3.15. The maximum atomic E-state index is 12.3. The van der Waals surface area contributed by atoms with Crippen LogP contribution in [0.2, 0.25) is 0 Å². The molecule has 1 atom stereocenters. The van der Waals surface area contributed by atoms with Gasteiger partial charge in [0.05, 0.1) is 0 Å². The summed E-state index contributed by atoms with van der Waals surface area (Å²) in [7, 11) is -1.57. The quantitative estimate of drug-likeness (QED) is 0.516. The molecule has 6 nitrogen and oxygen atoms in total. The molecule has 1 heterocycles. The molecule has 3 N–H and O–H groups in total. The van der Waals surface area contributed by atoms with Gasteiger partial charge < -0.3 is 14.6 Å². The van der Waals surface area contributed by atoms with Crippen molar-refractivity contribution in [1.82, 2.24) is 14.7 Å². The molecule has 1 saturated carbocycles. The van der Waals surface area contributed by atoms with E-state index in [1.807, 2.05) is 20.8 Å². The van der Waals surface area contributed by atoms with Gasteiger partial charge in [-0.2, -0.15) is 0 Å². The first-order valence-corrected chi connectivity index (χ1v) is 7.78. The molecule has 0 spiro atoms. The van der Waals surface area contributed by atoms with E-state index in [1.165, 1.54) is 12.4 Å². The predicted molar refractivity (Wildman–Crippen MR) is 78.4 cm³/mol. The zero-order chi connectivity index (χ0) is 15.0. The van der Waals surface area contributed by atoms with Gasteiger partial charge in [-0.3, -0.25) is 0 Å². The summed E-state index contributed by atoms with van der Waals surface area (Å²) in [5.41, 5.74) is -0.211. The molecule has 20 heavy (non-hydrogen) atoms. The van der Waals surface area contributed by atoms with Gasteiger partial charge >= 0.3 is 7.12 Å². The van der Waals surface area contributed by atoms with Crippen molar-refractivity contribution >= 4 is 23.9 Å². The van der Waals surface area contributed by atoms with E-state index in [0.29, 0.717) is 5.82 Å². The lowest BCUT2D eigenvalue weighted by Gasteiger charge is -2.42. The van der Waals surface area contributed by atoms with Crippen LogP contribution >= 0.6 is 0 Å². The van der Waals surface area contributed by atoms with Crippen molar-refractivity contribution in [2.45, 2.75) is 50.3 Å². The van der Waals surface area contributed by atoms with Crippen molar-refractivity contribution < 1.29 is 14.6 Å². The molecule has 0 bridgehead atoms. The fraction of sp³-hybridized carbons (Fsp3) is 0.667. The van der Waals surface area contributed by atoms with Gasteiger partial charge in [0, 0.05) is 29.2 Å². The van der Waals surface area contributed by atoms with Gasteiger partial charge in [0.15, 0.2) is 5.82 Å². The highest BCUT2D eigenvalue weighted by Gasteiger charge is 2.47. The van der Waals surface area contributed by atoms with Gasteiger partial charge in [0.1, 0.15) is 10.3 Å². The Labute approximate surface area is 122 Å². The minimum Gasteiger partial charge on any atom is -0.598 e. The average Bonchev–Trinajstić information content (AvgIpc) is 2.32. The minimum atomic E-state index is -1.57. The van der Waals surface area contributed by atoms with Crippen LogP contribution in [0.15, 0.2) is 12.4 Å². The molecular weight excluding hydrogens is 277 g/mol. The Morgan fingerprint density at radius 2 is 1.85 bits per heavy atom.